The molecule has 0 spiro atoms. The first kappa shape index (κ1) is 23.1. The fourth-order valence-electron chi connectivity index (χ4n) is 2.92. The van der Waals surface area contributed by atoms with Gasteiger partial charge in [-0.1, -0.05) is 36.4 Å². The highest BCUT2D eigenvalue weighted by molar-refractivity contribution is 8.18. The number of anilines is 1. The maximum Gasteiger partial charge on any atom is 0.329 e. The molecule has 2 aromatic carbocycles. The van der Waals surface area contributed by atoms with Gasteiger partial charge in [0.25, 0.3) is 17.1 Å². The third-order valence-electron chi connectivity index (χ3n) is 4.46. The summed E-state index contributed by atoms with van der Waals surface area (Å²) in [7, 11) is 0. The molecule has 1 unspecified atom stereocenters. The van der Waals surface area contributed by atoms with Crippen molar-refractivity contribution in [2.45, 2.75) is 19.9 Å². The normalized spacial score (nSPS) is 15.6. The predicted octanol–water partition coefficient (Wildman–Crippen LogP) is 3.69. The third-order valence-corrected chi connectivity index (χ3v) is 5.34. The lowest BCUT2D eigenvalue weighted by atomic mass is 10.1. The van der Waals surface area contributed by atoms with Crippen molar-refractivity contribution < 1.29 is 28.7 Å². The van der Waals surface area contributed by atoms with Crippen LogP contribution in [0.4, 0.5) is 10.5 Å². The van der Waals surface area contributed by atoms with Crippen molar-refractivity contribution in [3.63, 3.8) is 0 Å². The van der Waals surface area contributed by atoms with Gasteiger partial charge in [0.2, 0.25) is 0 Å². The number of amides is 3. The number of nitrogens with zero attached hydrogens (tertiary/aromatic N) is 1. The fourth-order valence-corrected chi connectivity index (χ4v) is 3.82. The van der Waals surface area contributed by atoms with Crippen LogP contribution in [0.25, 0.3) is 6.08 Å². The van der Waals surface area contributed by atoms with Crippen molar-refractivity contribution in [1.82, 2.24) is 4.90 Å². The highest BCUT2D eigenvalue weighted by atomic mass is 32.2. The summed E-state index contributed by atoms with van der Waals surface area (Å²) in [4.78, 5) is 50.3. The van der Waals surface area contributed by atoms with Crippen molar-refractivity contribution >= 4 is 46.5 Å². The first-order valence-corrected chi connectivity index (χ1v) is 10.7. The highest BCUT2D eigenvalue weighted by Gasteiger charge is 2.41. The second-order valence-electron chi connectivity index (χ2n) is 6.72. The van der Waals surface area contributed by atoms with Gasteiger partial charge in [-0.2, -0.15) is 0 Å². The molecule has 166 valence electrons. The van der Waals surface area contributed by atoms with Gasteiger partial charge < -0.3 is 14.8 Å². The summed E-state index contributed by atoms with van der Waals surface area (Å²) in [6.07, 6.45) is 1.51. The second-order valence-corrected chi connectivity index (χ2v) is 7.71. The summed E-state index contributed by atoms with van der Waals surface area (Å²) in [6.45, 7) is 3.01. The van der Waals surface area contributed by atoms with Crippen molar-refractivity contribution in [3.05, 3.63) is 65.1 Å². The zero-order valence-electron chi connectivity index (χ0n) is 17.6. The predicted molar refractivity (Wildman–Crippen MR) is 121 cm³/mol. The Bertz CT molecular complexity index is 1050. The number of esters is 1. The monoisotopic (exact) mass is 454 g/mol. The lowest BCUT2D eigenvalue weighted by Crippen LogP contribution is -2.42. The SMILES string of the molecule is CCOC(=O)C(C)N1C(=O)SC(=Cc2ccccc2OCC(=O)Nc2ccccc2)C1=O. The summed E-state index contributed by atoms with van der Waals surface area (Å²) >= 11 is 0.731. The Kier molecular flexibility index (Phi) is 7.67. The Morgan fingerprint density at radius 3 is 2.50 bits per heavy atom. The number of para-hydroxylation sites is 2. The molecule has 1 atom stereocenters. The molecule has 1 saturated heterocycles. The van der Waals surface area contributed by atoms with Crippen LogP contribution in [0.1, 0.15) is 19.4 Å². The van der Waals surface area contributed by atoms with Crippen molar-refractivity contribution in [1.29, 1.82) is 0 Å². The number of nitrogens with one attached hydrogen (secondary N) is 1. The molecular weight excluding hydrogens is 432 g/mol. The Labute approximate surface area is 189 Å². The van der Waals surface area contributed by atoms with E-state index in [-0.39, 0.29) is 24.0 Å². The van der Waals surface area contributed by atoms with Gasteiger partial charge in [0, 0.05) is 11.3 Å². The van der Waals surface area contributed by atoms with E-state index >= 15 is 0 Å². The molecule has 1 fully saturated rings. The Hall–Kier alpha value is -3.59. The molecule has 3 rings (SSSR count). The lowest BCUT2D eigenvalue weighted by molar-refractivity contribution is -0.150. The van der Waals surface area contributed by atoms with Crippen LogP contribution in [0.5, 0.6) is 5.75 Å². The van der Waals surface area contributed by atoms with Crippen LogP contribution in [0.15, 0.2) is 59.5 Å². The van der Waals surface area contributed by atoms with Gasteiger partial charge in [-0.3, -0.25) is 19.3 Å². The number of rotatable bonds is 8. The number of carbonyl (C=O) groups is 4. The van der Waals surface area contributed by atoms with Gasteiger partial charge >= 0.3 is 5.97 Å². The standard InChI is InChI=1S/C23H22N2O6S/c1-3-30-22(28)15(2)25-21(27)19(32-23(25)29)13-16-9-7-8-12-18(16)31-14-20(26)24-17-10-5-4-6-11-17/h4-13,15H,3,14H2,1-2H3,(H,24,26). The summed E-state index contributed by atoms with van der Waals surface area (Å²) < 4.78 is 10.5. The largest absolute Gasteiger partial charge is 0.483 e. The smallest absolute Gasteiger partial charge is 0.329 e. The quantitative estimate of drug-likeness (QED) is 0.479. The lowest BCUT2D eigenvalue weighted by Gasteiger charge is -2.19. The van der Waals surface area contributed by atoms with E-state index in [2.05, 4.69) is 5.32 Å². The molecule has 1 aliphatic rings. The van der Waals surface area contributed by atoms with Gasteiger partial charge in [0.05, 0.1) is 11.5 Å². The summed E-state index contributed by atoms with van der Waals surface area (Å²) in [6, 6.07) is 14.8. The number of imide groups is 1. The van der Waals surface area contributed by atoms with Crippen LogP contribution in [0.2, 0.25) is 0 Å². The molecule has 0 saturated carbocycles. The van der Waals surface area contributed by atoms with Gasteiger partial charge in [-0.25, -0.2) is 4.79 Å². The molecule has 1 N–H and O–H groups in total. The first-order valence-electron chi connectivity index (χ1n) is 9.91. The Morgan fingerprint density at radius 1 is 1.09 bits per heavy atom. The van der Waals surface area contributed by atoms with Gasteiger partial charge in [0.1, 0.15) is 11.8 Å². The Balaban J connectivity index is 1.71. The van der Waals surface area contributed by atoms with Crippen molar-refractivity contribution in [2.24, 2.45) is 0 Å². The van der Waals surface area contributed by atoms with E-state index in [1.165, 1.54) is 13.0 Å². The van der Waals surface area contributed by atoms with E-state index in [1.807, 2.05) is 18.2 Å². The van der Waals surface area contributed by atoms with E-state index in [0.717, 1.165) is 16.7 Å². The van der Waals surface area contributed by atoms with Crippen LogP contribution >= 0.6 is 11.8 Å². The molecule has 2 aromatic rings. The molecule has 8 nitrogen and oxygen atoms in total. The van der Waals surface area contributed by atoms with Crippen LogP contribution in [-0.2, 0) is 19.1 Å². The molecule has 0 aromatic heterocycles. The maximum atomic E-state index is 12.8. The number of hydrogen-bond donors (Lipinski definition) is 1. The molecule has 1 heterocycles. The molecule has 1 aliphatic heterocycles. The number of hydrogen-bond acceptors (Lipinski definition) is 7. The van der Waals surface area contributed by atoms with E-state index in [4.69, 9.17) is 9.47 Å². The van der Waals surface area contributed by atoms with Gasteiger partial charge in [-0.05, 0) is 49.9 Å². The molecule has 9 heteroatoms. The van der Waals surface area contributed by atoms with Crippen molar-refractivity contribution in [3.8, 4) is 5.75 Å². The zero-order chi connectivity index (χ0) is 23.1. The summed E-state index contributed by atoms with van der Waals surface area (Å²) in [5.41, 5.74) is 1.17. The van der Waals surface area contributed by atoms with Gasteiger partial charge in [-0.15, -0.1) is 0 Å². The van der Waals surface area contributed by atoms with Crippen LogP contribution in [0.3, 0.4) is 0 Å². The van der Waals surface area contributed by atoms with E-state index in [1.54, 1.807) is 43.3 Å². The average molecular weight is 455 g/mol. The van der Waals surface area contributed by atoms with Crippen LogP contribution in [0, 0.1) is 0 Å². The van der Waals surface area contributed by atoms with Gasteiger partial charge in [0.15, 0.2) is 6.61 Å². The summed E-state index contributed by atoms with van der Waals surface area (Å²) in [5, 5.41) is 2.17. The van der Waals surface area contributed by atoms with Crippen LogP contribution in [-0.4, -0.2) is 47.2 Å². The minimum Gasteiger partial charge on any atom is -0.483 e. The summed E-state index contributed by atoms with van der Waals surface area (Å²) in [5.74, 6) is -1.20. The van der Waals surface area contributed by atoms with E-state index < -0.39 is 23.2 Å². The van der Waals surface area contributed by atoms with E-state index in [0.29, 0.717) is 17.0 Å². The van der Waals surface area contributed by atoms with E-state index in [9.17, 15) is 19.2 Å². The number of carbonyl (C=O) groups excluding carboxylic acids is 4. The average Bonchev–Trinajstić information content (AvgIpc) is 3.06. The minimum atomic E-state index is -1.03. The molecule has 3 amide bonds. The van der Waals surface area contributed by atoms with Crippen LogP contribution < -0.4 is 10.1 Å². The number of ether oxygens (including phenoxy) is 2. The highest BCUT2D eigenvalue weighted by Crippen LogP contribution is 2.35. The molecule has 32 heavy (non-hydrogen) atoms. The molecule has 0 bridgehead atoms. The number of thioether (sulfide) groups is 1. The zero-order valence-corrected chi connectivity index (χ0v) is 18.4. The fraction of sp³-hybridized carbons (Fsp3) is 0.217. The maximum absolute atomic E-state index is 12.8. The Morgan fingerprint density at radius 2 is 1.78 bits per heavy atom. The van der Waals surface area contributed by atoms with Crippen molar-refractivity contribution in [2.75, 3.05) is 18.5 Å². The molecular formula is C23H22N2O6S. The molecule has 0 aliphatic carbocycles. The number of benzene rings is 2. The minimum absolute atomic E-state index is 0.149. The molecule has 0 radical (unpaired) electrons. The topological polar surface area (TPSA) is 102 Å². The third kappa shape index (κ3) is 5.55. The second kappa shape index (κ2) is 10.6. The first-order chi connectivity index (χ1) is 15.4.